The number of hydrogen-bond acceptors (Lipinski definition) is 4. The van der Waals surface area contributed by atoms with Gasteiger partial charge in [-0.25, -0.2) is 4.39 Å². The summed E-state index contributed by atoms with van der Waals surface area (Å²) in [4.78, 5) is 37.8. The minimum atomic E-state index is -0.361. The Labute approximate surface area is 162 Å². The average Bonchev–Trinajstić information content (AvgIpc) is 2.91. The molecule has 0 spiro atoms. The van der Waals surface area contributed by atoms with E-state index in [2.05, 4.69) is 5.32 Å². The minimum Gasteiger partial charge on any atom is -0.494 e. The Morgan fingerprint density at radius 1 is 1.07 bits per heavy atom. The van der Waals surface area contributed by atoms with Crippen molar-refractivity contribution in [3.63, 3.8) is 0 Å². The van der Waals surface area contributed by atoms with E-state index in [0.717, 1.165) is 10.5 Å². The molecule has 3 rings (SSSR count). The predicted molar refractivity (Wildman–Crippen MR) is 101 cm³/mol. The Morgan fingerprint density at radius 2 is 1.79 bits per heavy atom. The van der Waals surface area contributed by atoms with Crippen molar-refractivity contribution in [1.29, 1.82) is 0 Å². The Bertz CT molecular complexity index is 896. The monoisotopic (exact) mass is 384 g/mol. The minimum absolute atomic E-state index is 0.0449. The number of nitrogens with one attached hydrogen (secondary N) is 1. The zero-order chi connectivity index (χ0) is 20.1. The maximum Gasteiger partial charge on any atom is 0.261 e. The molecule has 0 aromatic heterocycles. The topological polar surface area (TPSA) is 75.7 Å². The molecule has 0 fully saturated rings. The Kier molecular flexibility index (Phi) is 6.03. The summed E-state index contributed by atoms with van der Waals surface area (Å²) in [5, 5.41) is 2.73. The van der Waals surface area contributed by atoms with Gasteiger partial charge in [0.25, 0.3) is 11.8 Å². The lowest BCUT2D eigenvalue weighted by Gasteiger charge is -2.13. The molecular formula is C21H21FN2O4. The summed E-state index contributed by atoms with van der Waals surface area (Å²) in [5.74, 6) is -0.722. The molecule has 2 aromatic carbocycles. The molecule has 28 heavy (non-hydrogen) atoms. The van der Waals surface area contributed by atoms with Gasteiger partial charge in [0.15, 0.2) is 0 Å². The molecule has 3 amide bonds. The second-order valence-corrected chi connectivity index (χ2v) is 6.57. The molecule has 146 valence electrons. The number of fused-ring (bicyclic) bond motifs is 1. The summed E-state index contributed by atoms with van der Waals surface area (Å²) in [6, 6.07) is 10.8. The van der Waals surface area contributed by atoms with Gasteiger partial charge in [-0.3, -0.25) is 19.3 Å². The van der Waals surface area contributed by atoms with Crippen molar-refractivity contribution in [2.45, 2.75) is 19.8 Å². The highest BCUT2D eigenvalue weighted by molar-refractivity contribution is 6.21. The second kappa shape index (κ2) is 8.65. The number of imide groups is 1. The highest BCUT2D eigenvalue weighted by atomic mass is 19.1. The number of hydrogen-bond donors (Lipinski definition) is 1. The molecule has 1 N–H and O–H groups in total. The first-order chi connectivity index (χ1) is 13.5. The first-order valence-corrected chi connectivity index (χ1v) is 9.07. The molecule has 0 atom stereocenters. The number of nitrogens with zero attached hydrogens (tertiary/aromatic N) is 1. The van der Waals surface area contributed by atoms with Crippen molar-refractivity contribution in [3.05, 3.63) is 65.0 Å². The quantitative estimate of drug-likeness (QED) is 0.561. The third-order valence-corrected chi connectivity index (χ3v) is 4.41. The number of amides is 3. The number of aryl methyl sites for hydroxylation is 1. The van der Waals surface area contributed by atoms with Gasteiger partial charge in [0.2, 0.25) is 5.91 Å². The molecule has 7 heteroatoms. The van der Waals surface area contributed by atoms with Gasteiger partial charge in [-0.15, -0.1) is 0 Å². The number of carbonyl (C=O) groups is 3. The molecule has 0 bridgehead atoms. The maximum atomic E-state index is 12.8. The van der Waals surface area contributed by atoms with Crippen LogP contribution < -0.4 is 10.1 Å². The van der Waals surface area contributed by atoms with Gasteiger partial charge in [-0.2, -0.15) is 0 Å². The molecule has 0 saturated carbocycles. The first-order valence-electron chi connectivity index (χ1n) is 9.07. The average molecular weight is 384 g/mol. The molecule has 6 nitrogen and oxygen atoms in total. The largest absolute Gasteiger partial charge is 0.494 e. The van der Waals surface area contributed by atoms with E-state index in [1.807, 2.05) is 6.92 Å². The van der Waals surface area contributed by atoms with Gasteiger partial charge in [-0.1, -0.05) is 11.6 Å². The number of rotatable bonds is 8. The smallest absolute Gasteiger partial charge is 0.261 e. The normalized spacial score (nSPS) is 12.9. The molecule has 0 radical (unpaired) electrons. The first kappa shape index (κ1) is 19.5. The van der Waals surface area contributed by atoms with Crippen molar-refractivity contribution >= 4 is 17.7 Å². The van der Waals surface area contributed by atoms with Gasteiger partial charge in [0.05, 0.1) is 17.7 Å². The number of carbonyl (C=O) groups excluding carboxylic acids is 3. The van der Waals surface area contributed by atoms with Gasteiger partial charge in [0.1, 0.15) is 11.6 Å². The lowest BCUT2D eigenvalue weighted by atomic mass is 10.1. The van der Waals surface area contributed by atoms with Crippen LogP contribution in [0.3, 0.4) is 0 Å². The highest BCUT2D eigenvalue weighted by Crippen LogP contribution is 2.23. The summed E-state index contributed by atoms with van der Waals surface area (Å²) in [5.41, 5.74) is 1.68. The SMILES string of the molecule is Cc1ccc2c(c1)C(=O)N(CCC(=O)NCCCOc1ccc(F)cc1)C2=O. The third-order valence-electron chi connectivity index (χ3n) is 4.41. The van der Waals surface area contributed by atoms with Crippen molar-refractivity contribution in [1.82, 2.24) is 10.2 Å². The van der Waals surface area contributed by atoms with E-state index < -0.39 is 0 Å². The fourth-order valence-electron chi connectivity index (χ4n) is 2.93. The third kappa shape index (κ3) is 4.54. The summed E-state index contributed by atoms with van der Waals surface area (Å²) in [6.45, 7) is 2.68. The molecule has 0 unspecified atom stereocenters. The van der Waals surface area contributed by atoms with E-state index in [1.165, 1.54) is 24.3 Å². The highest BCUT2D eigenvalue weighted by Gasteiger charge is 2.35. The van der Waals surface area contributed by atoms with Crippen LogP contribution in [-0.4, -0.2) is 42.3 Å². The van der Waals surface area contributed by atoms with Crippen molar-refractivity contribution in [2.75, 3.05) is 19.7 Å². The molecule has 1 aliphatic rings. The van der Waals surface area contributed by atoms with Crippen molar-refractivity contribution < 1.29 is 23.5 Å². The summed E-state index contributed by atoms with van der Waals surface area (Å²) < 4.78 is 18.2. The van der Waals surface area contributed by atoms with E-state index in [0.29, 0.717) is 36.4 Å². The fraction of sp³-hybridized carbons (Fsp3) is 0.286. The van der Waals surface area contributed by atoms with Gasteiger partial charge in [-0.05, 0) is 49.7 Å². The van der Waals surface area contributed by atoms with E-state index in [9.17, 15) is 18.8 Å². The standard InChI is InChI=1S/C21H21FN2O4/c1-14-3-8-17-18(13-14)21(27)24(20(17)26)11-9-19(25)23-10-2-12-28-16-6-4-15(22)5-7-16/h3-8,13H,2,9-12H2,1H3,(H,23,25). The molecule has 1 aliphatic heterocycles. The van der Waals surface area contributed by atoms with E-state index >= 15 is 0 Å². The van der Waals surface area contributed by atoms with Crippen LogP contribution in [0.25, 0.3) is 0 Å². The van der Waals surface area contributed by atoms with Crippen LogP contribution in [-0.2, 0) is 4.79 Å². The van der Waals surface area contributed by atoms with E-state index in [1.54, 1.807) is 18.2 Å². The fourth-order valence-corrected chi connectivity index (χ4v) is 2.93. The van der Waals surface area contributed by atoms with Gasteiger partial charge in [0, 0.05) is 19.5 Å². The molecular weight excluding hydrogens is 363 g/mol. The summed E-state index contributed by atoms with van der Waals surface area (Å²) in [6.07, 6.45) is 0.624. The van der Waals surface area contributed by atoms with Crippen molar-refractivity contribution in [2.24, 2.45) is 0 Å². The Hall–Kier alpha value is -3.22. The van der Waals surface area contributed by atoms with Crippen LogP contribution in [0.4, 0.5) is 4.39 Å². The lowest BCUT2D eigenvalue weighted by molar-refractivity contribution is -0.121. The molecule has 0 aliphatic carbocycles. The summed E-state index contributed by atoms with van der Waals surface area (Å²) >= 11 is 0. The Balaban J connectivity index is 1.37. The van der Waals surface area contributed by atoms with Crippen LogP contribution in [0.15, 0.2) is 42.5 Å². The van der Waals surface area contributed by atoms with E-state index in [4.69, 9.17) is 4.74 Å². The van der Waals surface area contributed by atoms with Crippen molar-refractivity contribution in [3.8, 4) is 5.75 Å². The zero-order valence-electron chi connectivity index (χ0n) is 15.5. The zero-order valence-corrected chi connectivity index (χ0v) is 15.5. The Morgan fingerprint density at radius 3 is 2.54 bits per heavy atom. The van der Waals surface area contributed by atoms with Crippen LogP contribution in [0.1, 0.15) is 39.1 Å². The molecule has 2 aromatic rings. The molecule has 1 heterocycles. The van der Waals surface area contributed by atoms with E-state index in [-0.39, 0.29) is 36.5 Å². The lowest BCUT2D eigenvalue weighted by Crippen LogP contribution is -2.35. The second-order valence-electron chi connectivity index (χ2n) is 6.57. The molecule has 0 saturated heterocycles. The van der Waals surface area contributed by atoms with Gasteiger partial charge < -0.3 is 10.1 Å². The summed E-state index contributed by atoms with van der Waals surface area (Å²) in [7, 11) is 0. The van der Waals surface area contributed by atoms with Gasteiger partial charge >= 0.3 is 0 Å². The van der Waals surface area contributed by atoms with Crippen LogP contribution in [0, 0.1) is 12.7 Å². The number of benzene rings is 2. The van der Waals surface area contributed by atoms with Crippen LogP contribution in [0.5, 0.6) is 5.75 Å². The van der Waals surface area contributed by atoms with Crippen LogP contribution >= 0.6 is 0 Å². The maximum absolute atomic E-state index is 12.8. The predicted octanol–water partition coefficient (Wildman–Crippen LogP) is 2.71. The number of halogens is 1. The van der Waals surface area contributed by atoms with Crippen LogP contribution in [0.2, 0.25) is 0 Å². The number of ether oxygens (including phenoxy) is 1.